The molecule has 0 aliphatic heterocycles. The largest absolute Gasteiger partial charge is 0.350 e. The molecule has 0 atom stereocenters. The molecule has 0 fully saturated rings. The van der Waals surface area contributed by atoms with Crippen LogP contribution in [-0.2, 0) is 0 Å². The molecule has 0 spiro atoms. The molecule has 5 nitrogen and oxygen atoms in total. The maximum absolute atomic E-state index is 11.9. The van der Waals surface area contributed by atoms with Crippen molar-refractivity contribution in [3.63, 3.8) is 0 Å². The van der Waals surface area contributed by atoms with Crippen molar-refractivity contribution in [2.45, 2.75) is 6.92 Å². The second-order valence-corrected chi connectivity index (χ2v) is 5.15. The second-order valence-electron chi connectivity index (χ2n) is 4.29. The Labute approximate surface area is 121 Å². The molecule has 6 heteroatoms. The van der Waals surface area contributed by atoms with Crippen LogP contribution in [0.15, 0.2) is 22.7 Å². The van der Waals surface area contributed by atoms with E-state index in [2.05, 4.69) is 26.6 Å². The first kappa shape index (κ1) is 15.5. The van der Waals surface area contributed by atoms with Gasteiger partial charge < -0.3 is 15.5 Å². The topological polar surface area (TPSA) is 61.4 Å². The highest BCUT2D eigenvalue weighted by Gasteiger charge is 2.10. The summed E-state index contributed by atoms with van der Waals surface area (Å²) in [6.45, 7) is 2.67. The van der Waals surface area contributed by atoms with Crippen molar-refractivity contribution in [1.82, 2.24) is 15.5 Å². The van der Waals surface area contributed by atoms with Crippen molar-refractivity contribution in [3.8, 4) is 0 Å². The van der Waals surface area contributed by atoms with E-state index in [0.29, 0.717) is 18.7 Å². The fourth-order valence-electron chi connectivity index (χ4n) is 1.45. The molecule has 19 heavy (non-hydrogen) atoms. The molecular formula is C13H18BrN3O2. The van der Waals surface area contributed by atoms with E-state index in [4.69, 9.17) is 0 Å². The van der Waals surface area contributed by atoms with Gasteiger partial charge in [-0.25, -0.2) is 4.79 Å². The minimum Gasteiger partial charge on any atom is -0.350 e. The molecule has 0 aliphatic carbocycles. The zero-order valence-corrected chi connectivity index (χ0v) is 12.9. The van der Waals surface area contributed by atoms with Crippen molar-refractivity contribution in [3.05, 3.63) is 33.8 Å². The van der Waals surface area contributed by atoms with Gasteiger partial charge in [0.25, 0.3) is 5.91 Å². The summed E-state index contributed by atoms with van der Waals surface area (Å²) in [6, 6.07) is 5.31. The lowest BCUT2D eigenvalue weighted by atomic mass is 10.1. The van der Waals surface area contributed by atoms with E-state index < -0.39 is 0 Å². The van der Waals surface area contributed by atoms with Crippen molar-refractivity contribution < 1.29 is 9.59 Å². The Kier molecular flexibility index (Phi) is 5.82. The van der Waals surface area contributed by atoms with Gasteiger partial charge in [-0.05, 0) is 24.6 Å². The van der Waals surface area contributed by atoms with E-state index in [1.54, 1.807) is 20.2 Å². The summed E-state index contributed by atoms with van der Waals surface area (Å²) < 4.78 is 0.904. The van der Waals surface area contributed by atoms with Gasteiger partial charge in [0.15, 0.2) is 0 Å². The summed E-state index contributed by atoms with van der Waals surface area (Å²) in [4.78, 5) is 24.6. The van der Waals surface area contributed by atoms with Crippen molar-refractivity contribution >= 4 is 27.9 Å². The number of benzene rings is 1. The molecule has 0 saturated carbocycles. The Morgan fingerprint density at radius 1 is 1.21 bits per heavy atom. The van der Waals surface area contributed by atoms with Gasteiger partial charge in [0, 0.05) is 37.2 Å². The van der Waals surface area contributed by atoms with Crippen LogP contribution in [0.2, 0.25) is 0 Å². The number of halogens is 1. The summed E-state index contributed by atoms with van der Waals surface area (Å²) in [6.07, 6.45) is 0. The molecule has 0 unspecified atom stereocenters. The number of urea groups is 1. The fraction of sp³-hybridized carbons (Fsp3) is 0.385. The molecule has 1 aromatic rings. The average molecular weight is 328 g/mol. The van der Waals surface area contributed by atoms with E-state index in [1.807, 2.05) is 19.1 Å². The third-order valence-corrected chi connectivity index (χ3v) is 3.46. The molecule has 0 aliphatic rings. The standard InChI is InChI=1S/C13H18BrN3O2/c1-9-10(5-4-6-11(9)14)12(18)15-7-8-16-13(19)17(2)3/h4-6H,7-8H2,1-3H3,(H,15,18)(H,16,19). The molecule has 1 rings (SSSR count). The van der Waals surface area contributed by atoms with Gasteiger partial charge in [0.2, 0.25) is 0 Å². The summed E-state index contributed by atoms with van der Waals surface area (Å²) >= 11 is 3.39. The van der Waals surface area contributed by atoms with Gasteiger partial charge in [-0.3, -0.25) is 4.79 Å². The predicted octanol–water partition coefficient (Wildman–Crippen LogP) is 1.76. The van der Waals surface area contributed by atoms with Gasteiger partial charge in [-0.1, -0.05) is 22.0 Å². The molecule has 0 aromatic heterocycles. The van der Waals surface area contributed by atoms with E-state index in [-0.39, 0.29) is 11.9 Å². The van der Waals surface area contributed by atoms with E-state index in [1.165, 1.54) is 4.90 Å². The highest BCUT2D eigenvalue weighted by Crippen LogP contribution is 2.19. The smallest absolute Gasteiger partial charge is 0.316 e. The zero-order valence-electron chi connectivity index (χ0n) is 11.3. The van der Waals surface area contributed by atoms with Crippen LogP contribution in [0.25, 0.3) is 0 Å². The van der Waals surface area contributed by atoms with Gasteiger partial charge in [-0.2, -0.15) is 0 Å². The van der Waals surface area contributed by atoms with E-state index in [0.717, 1.165) is 10.0 Å². The number of nitrogens with zero attached hydrogens (tertiary/aromatic N) is 1. The Hall–Kier alpha value is -1.56. The van der Waals surface area contributed by atoms with Crippen LogP contribution in [0, 0.1) is 6.92 Å². The highest BCUT2D eigenvalue weighted by molar-refractivity contribution is 9.10. The Morgan fingerprint density at radius 3 is 2.47 bits per heavy atom. The molecule has 0 radical (unpaired) electrons. The minimum absolute atomic E-state index is 0.141. The Balaban J connectivity index is 2.44. The maximum Gasteiger partial charge on any atom is 0.316 e. The van der Waals surface area contributed by atoms with Crippen LogP contribution in [-0.4, -0.2) is 44.0 Å². The summed E-state index contributed by atoms with van der Waals surface area (Å²) in [5.74, 6) is -0.141. The minimum atomic E-state index is -0.173. The van der Waals surface area contributed by atoms with Crippen LogP contribution in [0.1, 0.15) is 15.9 Å². The lowest BCUT2D eigenvalue weighted by Gasteiger charge is -2.12. The number of hydrogen-bond acceptors (Lipinski definition) is 2. The average Bonchev–Trinajstić information content (AvgIpc) is 2.37. The van der Waals surface area contributed by atoms with E-state index in [9.17, 15) is 9.59 Å². The van der Waals surface area contributed by atoms with Crippen molar-refractivity contribution in [2.75, 3.05) is 27.2 Å². The van der Waals surface area contributed by atoms with Gasteiger partial charge in [-0.15, -0.1) is 0 Å². The SMILES string of the molecule is Cc1c(Br)cccc1C(=O)NCCNC(=O)N(C)C. The maximum atomic E-state index is 11.9. The Morgan fingerprint density at radius 2 is 1.84 bits per heavy atom. The summed E-state index contributed by atoms with van der Waals surface area (Å²) in [5.41, 5.74) is 1.53. The molecule has 2 N–H and O–H groups in total. The van der Waals surface area contributed by atoms with Crippen LogP contribution in [0.5, 0.6) is 0 Å². The molecular weight excluding hydrogens is 310 g/mol. The number of rotatable bonds is 4. The first-order chi connectivity index (χ1) is 8.93. The number of carbonyl (C=O) groups is 2. The first-order valence-electron chi connectivity index (χ1n) is 5.92. The lowest BCUT2D eigenvalue weighted by Crippen LogP contribution is -2.39. The highest BCUT2D eigenvalue weighted by atomic mass is 79.9. The number of amides is 3. The number of hydrogen-bond donors (Lipinski definition) is 2. The molecule has 104 valence electrons. The number of carbonyl (C=O) groups excluding carboxylic acids is 2. The normalized spacial score (nSPS) is 9.89. The lowest BCUT2D eigenvalue weighted by molar-refractivity contribution is 0.0953. The fourth-order valence-corrected chi connectivity index (χ4v) is 1.82. The molecule has 1 aromatic carbocycles. The van der Waals surface area contributed by atoms with Gasteiger partial charge >= 0.3 is 6.03 Å². The zero-order chi connectivity index (χ0) is 14.4. The molecule has 0 saturated heterocycles. The quantitative estimate of drug-likeness (QED) is 0.828. The van der Waals surface area contributed by atoms with Gasteiger partial charge in [0.1, 0.15) is 0 Å². The number of nitrogens with one attached hydrogen (secondary N) is 2. The third-order valence-electron chi connectivity index (χ3n) is 2.61. The van der Waals surface area contributed by atoms with Crippen LogP contribution in [0.4, 0.5) is 4.79 Å². The molecule has 0 heterocycles. The van der Waals surface area contributed by atoms with Crippen molar-refractivity contribution in [2.24, 2.45) is 0 Å². The summed E-state index contributed by atoms with van der Waals surface area (Å²) in [7, 11) is 3.33. The monoisotopic (exact) mass is 327 g/mol. The van der Waals surface area contributed by atoms with E-state index >= 15 is 0 Å². The van der Waals surface area contributed by atoms with Crippen LogP contribution in [0.3, 0.4) is 0 Å². The second kappa shape index (κ2) is 7.13. The Bertz CT molecular complexity index is 475. The van der Waals surface area contributed by atoms with Gasteiger partial charge in [0.05, 0.1) is 0 Å². The molecule has 0 bridgehead atoms. The van der Waals surface area contributed by atoms with Crippen molar-refractivity contribution in [1.29, 1.82) is 0 Å². The predicted molar refractivity (Wildman–Crippen MR) is 78.3 cm³/mol. The third kappa shape index (κ3) is 4.55. The summed E-state index contributed by atoms with van der Waals surface area (Å²) in [5, 5.41) is 5.45. The first-order valence-corrected chi connectivity index (χ1v) is 6.71. The van der Waals surface area contributed by atoms with Crippen LogP contribution < -0.4 is 10.6 Å². The molecule has 3 amide bonds. The van der Waals surface area contributed by atoms with Crippen LogP contribution >= 0.6 is 15.9 Å².